The van der Waals surface area contributed by atoms with Crippen LogP contribution in [0.3, 0.4) is 0 Å². The van der Waals surface area contributed by atoms with E-state index in [9.17, 15) is 29.7 Å². The molecular formula is C26H39O6-3. The van der Waals surface area contributed by atoms with Gasteiger partial charge in [0.15, 0.2) is 0 Å². The van der Waals surface area contributed by atoms with Crippen LogP contribution < -0.4 is 15.3 Å². The molecule has 0 amide bonds. The van der Waals surface area contributed by atoms with Gasteiger partial charge in [0.2, 0.25) is 0 Å². The molecule has 0 saturated carbocycles. The van der Waals surface area contributed by atoms with Crippen molar-refractivity contribution < 1.29 is 29.7 Å². The van der Waals surface area contributed by atoms with Crippen LogP contribution in [-0.4, -0.2) is 17.9 Å². The minimum Gasteiger partial charge on any atom is -0.550 e. The van der Waals surface area contributed by atoms with Crippen molar-refractivity contribution in [2.24, 2.45) is 0 Å². The number of aromatic carboxylic acids is 2. The lowest BCUT2D eigenvalue weighted by Gasteiger charge is -2.04. The van der Waals surface area contributed by atoms with Crippen LogP contribution in [0.4, 0.5) is 0 Å². The Morgan fingerprint density at radius 3 is 1.06 bits per heavy atom. The van der Waals surface area contributed by atoms with Gasteiger partial charge in [0.1, 0.15) is 0 Å². The number of carbonyl (C=O) groups is 3. The van der Waals surface area contributed by atoms with Crippen molar-refractivity contribution in [2.75, 3.05) is 0 Å². The van der Waals surface area contributed by atoms with Gasteiger partial charge in [0, 0.05) is 5.97 Å². The lowest BCUT2D eigenvalue weighted by molar-refractivity contribution is -0.305. The van der Waals surface area contributed by atoms with Gasteiger partial charge in [-0.2, -0.15) is 0 Å². The van der Waals surface area contributed by atoms with Crippen LogP contribution in [0, 0.1) is 0 Å². The number of hydrogen-bond acceptors (Lipinski definition) is 6. The van der Waals surface area contributed by atoms with E-state index < -0.39 is 17.9 Å². The van der Waals surface area contributed by atoms with Gasteiger partial charge in [0.25, 0.3) is 0 Å². The number of aliphatic carboxylic acids is 1. The van der Waals surface area contributed by atoms with Gasteiger partial charge >= 0.3 is 0 Å². The predicted octanol–water partition coefficient (Wildman–Crippen LogP) is 3.41. The molecule has 0 N–H and O–H groups in total. The zero-order valence-corrected chi connectivity index (χ0v) is 19.6. The van der Waals surface area contributed by atoms with E-state index in [-0.39, 0.29) is 17.5 Å². The van der Waals surface area contributed by atoms with Crippen LogP contribution in [-0.2, 0) is 4.79 Å². The highest BCUT2D eigenvalue weighted by atomic mass is 16.4. The molecule has 1 rings (SSSR count). The van der Waals surface area contributed by atoms with Gasteiger partial charge in [-0.25, -0.2) is 0 Å². The van der Waals surface area contributed by atoms with Gasteiger partial charge in [-0.1, -0.05) is 121 Å². The Balaban J connectivity index is 0.000000677. The Labute approximate surface area is 193 Å². The molecule has 0 spiro atoms. The molecule has 0 unspecified atom stereocenters. The van der Waals surface area contributed by atoms with Gasteiger partial charge in [0.05, 0.1) is 11.9 Å². The third kappa shape index (κ3) is 18.4. The maximum atomic E-state index is 10.2. The molecule has 0 atom stereocenters. The van der Waals surface area contributed by atoms with Crippen molar-refractivity contribution in [3.05, 3.63) is 35.4 Å². The average Bonchev–Trinajstić information content (AvgIpc) is 2.76. The first kappa shape index (κ1) is 29.6. The number of carboxylic acid groups (broad SMARTS) is 3. The minimum absolute atomic E-state index is 0.0556. The Kier molecular flexibility index (Phi) is 19.0. The molecule has 6 heteroatoms. The summed E-state index contributed by atoms with van der Waals surface area (Å²) in [5, 5.41) is 30.6. The summed E-state index contributed by atoms with van der Waals surface area (Å²) in [7, 11) is 0. The normalized spacial score (nSPS) is 10.3. The Hall–Kier alpha value is -2.37. The van der Waals surface area contributed by atoms with Crippen LogP contribution in [0.1, 0.15) is 130 Å². The second-order valence-electron chi connectivity index (χ2n) is 8.22. The van der Waals surface area contributed by atoms with Crippen molar-refractivity contribution in [1.29, 1.82) is 0 Å². The summed E-state index contributed by atoms with van der Waals surface area (Å²) in [6, 6.07) is 4.61. The number of carboxylic acids is 3. The van der Waals surface area contributed by atoms with Gasteiger partial charge in [-0.3, -0.25) is 0 Å². The van der Waals surface area contributed by atoms with Gasteiger partial charge < -0.3 is 29.7 Å². The van der Waals surface area contributed by atoms with Crippen LogP contribution in [0.5, 0.6) is 0 Å². The molecule has 32 heavy (non-hydrogen) atoms. The summed E-state index contributed by atoms with van der Waals surface area (Å²) in [6.07, 6.45) is 19.9. The second kappa shape index (κ2) is 20.5. The van der Waals surface area contributed by atoms with E-state index in [2.05, 4.69) is 6.92 Å². The number of rotatable bonds is 18. The Morgan fingerprint density at radius 2 is 0.812 bits per heavy atom. The first-order chi connectivity index (χ1) is 15.4. The van der Waals surface area contributed by atoms with Crippen molar-refractivity contribution in [1.82, 2.24) is 0 Å². The molecule has 0 fully saturated rings. The molecule has 0 aliphatic carbocycles. The summed E-state index contributed by atoms with van der Waals surface area (Å²) in [5.74, 6) is -3.57. The molecule has 0 saturated heterocycles. The zero-order chi connectivity index (χ0) is 24.0. The Bertz CT molecular complexity index is 591. The molecule has 1 aromatic carbocycles. The van der Waals surface area contributed by atoms with E-state index in [1.54, 1.807) is 0 Å². The number of carbonyl (C=O) groups excluding carboxylic acids is 3. The molecular weight excluding hydrogens is 408 g/mol. The maximum absolute atomic E-state index is 10.2. The summed E-state index contributed by atoms with van der Waals surface area (Å²) in [5.41, 5.74) is -0.111. The molecule has 182 valence electrons. The number of benzene rings is 1. The fourth-order valence-corrected chi connectivity index (χ4v) is 3.38. The first-order valence-corrected chi connectivity index (χ1v) is 12.1. The van der Waals surface area contributed by atoms with Crippen molar-refractivity contribution in [3.63, 3.8) is 0 Å². The number of hydrogen-bond donors (Lipinski definition) is 0. The first-order valence-electron chi connectivity index (χ1n) is 12.1. The third-order valence-electron chi connectivity index (χ3n) is 5.34. The minimum atomic E-state index is -1.33. The largest absolute Gasteiger partial charge is 0.550 e. The van der Waals surface area contributed by atoms with E-state index in [0.717, 1.165) is 37.1 Å². The van der Waals surface area contributed by atoms with Crippen LogP contribution in [0.25, 0.3) is 0 Å². The van der Waals surface area contributed by atoms with Crippen LogP contribution in [0.2, 0.25) is 0 Å². The van der Waals surface area contributed by atoms with E-state index in [4.69, 9.17) is 0 Å². The molecule has 0 radical (unpaired) electrons. The smallest absolute Gasteiger partial charge is 0.0715 e. The SMILES string of the molecule is CCCCCCCCCCCCCCCCCC(=O)[O-].O=C([O-])c1ccc(C(=O)[O-])cc1. The average molecular weight is 448 g/mol. The van der Waals surface area contributed by atoms with E-state index >= 15 is 0 Å². The lowest BCUT2D eigenvalue weighted by atomic mass is 10.0. The monoisotopic (exact) mass is 447 g/mol. The predicted molar refractivity (Wildman–Crippen MR) is 120 cm³/mol. The molecule has 1 aromatic rings. The van der Waals surface area contributed by atoms with Crippen LogP contribution >= 0.6 is 0 Å². The third-order valence-corrected chi connectivity index (χ3v) is 5.34. The fraction of sp³-hybridized carbons (Fsp3) is 0.654. The molecule has 0 aromatic heterocycles. The molecule has 0 aliphatic rings. The van der Waals surface area contributed by atoms with Crippen LogP contribution in [0.15, 0.2) is 24.3 Å². The summed E-state index contributed by atoms with van der Waals surface area (Å²) in [6.45, 7) is 2.27. The highest BCUT2D eigenvalue weighted by Gasteiger charge is 1.95. The molecule has 0 aliphatic heterocycles. The van der Waals surface area contributed by atoms with Crippen molar-refractivity contribution >= 4 is 17.9 Å². The highest BCUT2D eigenvalue weighted by molar-refractivity contribution is 5.89. The van der Waals surface area contributed by atoms with Gasteiger partial charge in [-0.15, -0.1) is 0 Å². The number of unbranched alkanes of at least 4 members (excludes halogenated alkanes) is 14. The zero-order valence-electron chi connectivity index (χ0n) is 19.6. The van der Waals surface area contributed by atoms with E-state index in [1.165, 1.54) is 83.5 Å². The topological polar surface area (TPSA) is 120 Å². The Morgan fingerprint density at radius 1 is 0.531 bits per heavy atom. The fourth-order valence-electron chi connectivity index (χ4n) is 3.38. The summed E-state index contributed by atoms with van der Waals surface area (Å²) < 4.78 is 0. The standard InChI is InChI=1S/C18H36O2.C8H6O4/c1-2-3-4-5-6-7-8-9-10-11-12-13-14-15-16-17-18(19)20;9-7(10)5-1-2-6(4-3-5)8(11)12/h2-17H2,1H3,(H,19,20);1-4H,(H,9,10)(H,11,12)/p-3. The molecule has 6 nitrogen and oxygen atoms in total. The van der Waals surface area contributed by atoms with E-state index in [0.29, 0.717) is 0 Å². The summed E-state index contributed by atoms with van der Waals surface area (Å²) in [4.78, 5) is 30.6. The highest BCUT2D eigenvalue weighted by Crippen LogP contribution is 2.13. The maximum Gasteiger partial charge on any atom is 0.0715 e. The van der Waals surface area contributed by atoms with Gasteiger partial charge in [-0.05, 0) is 24.0 Å². The van der Waals surface area contributed by atoms with E-state index in [1.807, 2.05) is 0 Å². The van der Waals surface area contributed by atoms with Crippen molar-refractivity contribution in [2.45, 2.75) is 110 Å². The molecule has 0 heterocycles. The quantitative estimate of drug-likeness (QED) is 0.318. The second-order valence-corrected chi connectivity index (χ2v) is 8.22. The molecule has 0 bridgehead atoms. The van der Waals surface area contributed by atoms with Crippen molar-refractivity contribution in [3.8, 4) is 0 Å². The lowest BCUT2D eigenvalue weighted by Crippen LogP contribution is -2.24. The summed E-state index contributed by atoms with van der Waals surface area (Å²) >= 11 is 0.